The largest absolute Gasteiger partial charge is 0.483 e. The maximum Gasteiger partial charge on any atom is 0.257 e. The first kappa shape index (κ1) is 14.3. The fraction of sp³-hybridized carbons (Fsp3) is 0.500. The number of rotatable bonds is 6. The lowest BCUT2D eigenvalue weighted by atomic mass is 10.1. The molecule has 2 N–H and O–H groups in total. The fourth-order valence-electron chi connectivity index (χ4n) is 1.75. The minimum Gasteiger partial charge on any atom is -0.483 e. The number of aliphatic hydroxyl groups is 1. The van der Waals surface area contributed by atoms with Gasteiger partial charge >= 0.3 is 0 Å². The molecule has 0 bridgehead atoms. The van der Waals surface area contributed by atoms with E-state index in [0.717, 1.165) is 11.0 Å². The van der Waals surface area contributed by atoms with Crippen LogP contribution in [-0.4, -0.2) is 24.2 Å². The van der Waals surface area contributed by atoms with Crippen LogP contribution in [0.2, 0.25) is 0 Å². The van der Waals surface area contributed by atoms with Crippen LogP contribution in [0, 0.1) is 5.92 Å². The lowest BCUT2D eigenvalue weighted by molar-refractivity contribution is -0.123. The monoisotopic (exact) mass is 327 g/mol. The number of benzene rings is 1. The Bertz CT molecular complexity index is 458. The third kappa shape index (κ3) is 4.51. The summed E-state index contributed by atoms with van der Waals surface area (Å²) in [6.07, 6.45) is 1.78. The Balaban J connectivity index is 1.88. The zero-order valence-electron chi connectivity index (χ0n) is 10.9. The molecule has 1 fully saturated rings. The average molecular weight is 328 g/mol. The summed E-state index contributed by atoms with van der Waals surface area (Å²) >= 11 is 3.35. The molecule has 2 rings (SSSR count). The molecule has 104 valence electrons. The Morgan fingerprint density at radius 1 is 1.58 bits per heavy atom. The SMILES string of the molecule is C[C@H](O)c1cc(Br)ccc1OCC(=O)NCC1CC1. The van der Waals surface area contributed by atoms with Crippen molar-refractivity contribution < 1.29 is 14.6 Å². The van der Waals surface area contributed by atoms with Crippen molar-refractivity contribution in [1.29, 1.82) is 0 Å². The zero-order valence-corrected chi connectivity index (χ0v) is 12.4. The van der Waals surface area contributed by atoms with Crippen LogP contribution >= 0.6 is 15.9 Å². The van der Waals surface area contributed by atoms with E-state index < -0.39 is 6.10 Å². The summed E-state index contributed by atoms with van der Waals surface area (Å²) in [4.78, 5) is 11.6. The van der Waals surface area contributed by atoms with Crippen LogP contribution in [0.5, 0.6) is 5.75 Å². The van der Waals surface area contributed by atoms with Gasteiger partial charge in [-0.05, 0) is 43.9 Å². The number of hydrogen-bond donors (Lipinski definition) is 2. The van der Waals surface area contributed by atoms with Gasteiger partial charge in [0, 0.05) is 16.6 Å². The molecule has 0 radical (unpaired) electrons. The van der Waals surface area contributed by atoms with E-state index in [1.165, 1.54) is 12.8 Å². The second-order valence-corrected chi connectivity index (χ2v) is 5.81. The topological polar surface area (TPSA) is 58.6 Å². The lowest BCUT2D eigenvalue weighted by Crippen LogP contribution is -2.30. The molecule has 1 aromatic carbocycles. The Labute approximate surface area is 121 Å². The Kier molecular flexibility index (Phi) is 4.82. The lowest BCUT2D eigenvalue weighted by Gasteiger charge is -2.13. The van der Waals surface area contributed by atoms with Crippen LogP contribution in [0.4, 0.5) is 0 Å². The van der Waals surface area contributed by atoms with Crippen LogP contribution in [0.15, 0.2) is 22.7 Å². The van der Waals surface area contributed by atoms with Gasteiger partial charge in [0.15, 0.2) is 6.61 Å². The fourth-order valence-corrected chi connectivity index (χ4v) is 2.13. The smallest absolute Gasteiger partial charge is 0.257 e. The predicted molar refractivity (Wildman–Crippen MR) is 76.0 cm³/mol. The van der Waals surface area contributed by atoms with Crippen molar-refractivity contribution in [3.8, 4) is 5.75 Å². The van der Waals surface area contributed by atoms with Gasteiger partial charge in [-0.15, -0.1) is 0 Å². The molecule has 0 saturated heterocycles. The standard InChI is InChI=1S/C14H18BrNO3/c1-9(17)12-6-11(15)4-5-13(12)19-8-14(18)16-7-10-2-3-10/h4-6,9-10,17H,2-3,7-8H2,1H3,(H,16,18)/t9-/m0/s1. The molecule has 1 atom stereocenters. The number of carbonyl (C=O) groups is 1. The third-order valence-electron chi connectivity index (χ3n) is 3.07. The molecule has 0 aromatic heterocycles. The van der Waals surface area contributed by atoms with Gasteiger partial charge in [-0.25, -0.2) is 0 Å². The van der Waals surface area contributed by atoms with Gasteiger partial charge in [-0.3, -0.25) is 4.79 Å². The summed E-state index contributed by atoms with van der Waals surface area (Å²) in [6, 6.07) is 5.37. The van der Waals surface area contributed by atoms with Crippen LogP contribution < -0.4 is 10.1 Å². The van der Waals surface area contributed by atoms with Gasteiger partial charge in [-0.2, -0.15) is 0 Å². The number of amides is 1. The van der Waals surface area contributed by atoms with E-state index >= 15 is 0 Å². The number of ether oxygens (including phenoxy) is 1. The Morgan fingerprint density at radius 2 is 2.32 bits per heavy atom. The van der Waals surface area contributed by atoms with Crippen molar-refractivity contribution in [2.45, 2.75) is 25.9 Å². The van der Waals surface area contributed by atoms with Crippen molar-refractivity contribution in [3.63, 3.8) is 0 Å². The second-order valence-electron chi connectivity index (χ2n) is 4.89. The molecule has 1 saturated carbocycles. The van der Waals surface area contributed by atoms with Crippen LogP contribution in [0.3, 0.4) is 0 Å². The van der Waals surface area contributed by atoms with E-state index in [9.17, 15) is 9.90 Å². The first-order valence-corrected chi connectivity index (χ1v) is 7.22. The molecule has 0 aliphatic heterocycles. The minimum atomic E-state index is -0.637. The molecule has 1 aromatic rings. The summed E-state index contributed by atoms with van der Waals surface area (Å²) in [5.74, 6) is 1.08. The highest BCUT2D eigenvalue weighted by molar-refractivity contribution is 9.10. The number of carbonyl (C=O) groups excluding carboxylic acids is 1. The molecule has 0 unspecified atom stereocenters. The Hall–Kier alpha value is -1.07. The summed E-state index contributed by atoms with van der Waals surface area (Å²) in [5, 5.41) is 12.5. The number of halogens is 1. The van der Waals surface area contributed by atoms with Crippen molar-refractivity contribution in [3.05, 3.63) is 28.2 Å². The predicted octanol–water partition coefficient (Wildman–Crippen LogP) is 2.41. The van der Waals surface area contributed by atoms with Gasteiger partial charge < -0.3 is 15.2 Å². The van der Waals surface area contributed by atoms with Crippen molar-refractivity contribution >= 4 is 21.8 Å². The number of hydrogen-bond acceptors (Lipinski definition) is 3. The third-order valence-corrected chi connectivity index (χ3v) is 3.56. The summed E-state index contributed by atoms with van der Waals surface area (Å²) in [7, 11) is 0. The number of nitrogens with one attached hydrogen (secondary N) is 1. The van der Waals surface area contributed by atoms with E-state index in [1.54, 1.807) is 19.1 Å². The van der Waals surface area contributed by atoms with E-state index in [0.29, 0.717) is 17.2 Å². The normalized spacial score (nSPS) is 15.9. The van der Waals surface area contributed by atoms with E-state index in [1.807, 2.05) is 6.07 Å². The van der Waals surface area contributed by atoms with E-state index in [2.05, 4.69) is 21.2 Å². The summed E-state index contributed by atoms with van der Waals surface area (Å²) < 4.78 is 6.34. The molecule has 1 amide bonds. The van der Waals surface area contributed by atoms with Gasteiger partial charge in [0.2, 0.25) is 0 Å². The molecular weight excluding hydrogens is 310 g/mol. The first-order valence-electron chi connectivity index (χ1n) is 6.43. The maximum absolute atomic E-state index is 11.6. The van der Waals surface area contributed by atoms with Crippen molar-refractivity contribution in [2.24, 2.45) is 5.92 Å². The average Bonchev–Trinajstić information content (AvgIpc) is 3.18. The number of aliphatic hydroxyl groups excluding tert-OH is 1. The molecule has 19 heavy (non-hydrogen) atoms. The molecular formula is C14H18BrNO3. The quantitative estimate of drug-likeness (QED) is 0.843. The molecule has 0 spiro atoms. The van der Waals surface area contributed by atoms with E-state index in [4.69, 9.17) is 4.74 Å². The van der Waals surface area contributed by atoms with Crippen molar-refractivity contribution in [2.75, 3.05) is 13.2 Å². The summed E-state index contributed by atoms with van der Waals surface area (Å²) in [6.45, 7) is 2.39. The van der Waals surface area contributed by atoms with Gasteiger partial charge in [0.05, 0.1) is 6.10 Å². The van der Waals surface area contributed by atoms with Crippen LogP contribution in [0.1, 0.15) is 31.4 Å². The minimum absolute atomic E-state index is 0.0198. The molecule has 4 nitrogen and oxygen atoms in total. The van der Waals surface area contributed by atoms with Gasteiger partial charge in [0.25, 0.3) is 5.91 Å². The summed E-state index contributed by atoms with van der Waals surface area (Å²) in [5.41, 5.74) is 0.671. The zero-order chi connectivity index (χ0) is 13.8. The first-order chi connectivity index (χ1) is 9.06. The molecule has 1 aliphatic carbocycles. The maximum atomic E-state index is 11.6. The van der Waals surface area contributed by atoms with Crippen molar-refractivity contribution in [1.82, 2.24) is 5.32 Å². The highest BCUT2D eigenvalue weighted by Crippen LogP contribution is 2.29. The van der Waals surface area contributed by atoms with Gasteiger partial charge in [-0.1, -0.05) is 15.9 Å². The molecule has 5 heteroatoms. The van der Waals surface area contributed by atoms with Gasteiger partial charge in [0.1, 0.15) is 5.75 Å². The van der Waals surface area contributed by atoms with Crippen LogP contribution in [0.25, 0.3) is 0 Å². The Morgan fingerprint density at radius 3 is 2.95 bits per heavy atom. The molecule has 0 heterocycles. The molecule has 1 aliphatic rings. The van der Waals surface area contributed by atoms with Crippen LogP contribution in [-0.2, 0) is 4.79 Å². The highest BCUT2D eigenvalue weighted by Gasteiger charge is 2.21. The highest BCUT2D eigenvalue weighted by atomic mass is 79.9. The second kappa shape index (κ2) is 6.39. The van der Waals surface area contributed by atoms with E-state index in [-0.39, 0.29) is 12.5 Å².